The molecule has 28 heavy (non-hydrogen) atoms. The molecular weight excluding hydrogens is 356 g/mol. The van der Waals surface area contributed by atoms with Gasteiger partial charge < -0.3 is 15.4 Å². The molecule has 2 amide bonds. The van der Waals surface area contributed by atoms with E-state index in [4.69, 9.17) is 4.74 Å². The quantitative estimate of drug-likeness (QED) is 0.617. The lowest BCUT2D eigenvalue weighted by molar-refractivity contribution is 0.0934. The Morgan fingerprint density at radius 3 is 2.54 bits per heavy atom. The number of carbonyl (C=O) groups excluding carboxylic acids is 2. The normalized spacial score (nSPS) is 11.0. The van der Waals surface area contributed by atoms with Gasteiger partial charge in [0.15, 0.2) is 5.69 Å². The van der Waals surface area contributed by atoms with E-state index in [0.717, 1.165) is 0 Å². The van der Waals surface area contributed by atoms with Crippen molar-refractivity contribution in [1.82, 2.24) is 14.7 Å². The van der Waals surface area contributed by atoms with Gasteiger partial charge in [-0.2, -0.15) is 0 Å². The third-order valence-electron chi connectivity index (χ3n) is 4.39. The number of fused-ring (bicyclic) bond motifs is 1. The van der Waals surface area contributed by atoms with Gasteiger partial charge in [0.2, 0.25) is 5.82 Å². The molecule has 0 atom stereocenters. The van der Waals surface area contributed by atoms with Gasteiger partial charge in [0.1, 0.15) is 0 Å². The van der Waals surface area contributed by atoms with Crippen LogP contribution in [-0.2, 0) is 4.74 Å². The van der Waals surface area contributed by atoms with E-state index in [1.54, 1.807) is 35.9 Å². The van der Waals surface area contributed by atoms with Crippen molar-refractivity contribution in [2.45, 2.75) is 19.8 Å². The smallest absolute Gasteiger partial charge is 0.292 e. The summed E-state index contributed by atoms with van der Waals surface area (Å²) in [6.07, 6.45) is 1.71. The van der Waals surface area contributed by atoms with Crippen molar-refractivity contribution in [3.8, 4) is 0 Å². The minimum absolute atomic E-state index is 0.153. The summed E-state index contributed by atoms with van der Waals surface area (Å²) in [5.74, 6) is -0.156. The van der Waals surface area contributed by atoms with Crippen LogP contribution in [-0.4, -0.2) is 41.5 Å². The number of pyridine rings is 1. The van der Waals surface area contributed by atoms with Crippen molar-refractivity contribution in [3.63, 3.8) is 0 Å². The van der Waals surface area contributed by atoms with Crippen LogP contribution in [0.2, 0.25) is 0 Å². The van der Waals surface area contributed by atoms with Gasteiger partial charge in [-0.05, 0) is 35.7 Å². The van der Waals surface area contributed by atoms with E-state index in [1.807, 2.05) is 24.3 Å². The van der Waals surface area contributed by atoms with Crippen molar-refractivity contribution in [2.75, 3.05) is 25.6 Å². The average Bonchev–Trinajstić information content (AvgIpc) is 3.08. The zero-order valence-electron chi connectivity index (χ0n) is 16.2. The molecule has 0 bridgehead atoms. The molecular formula is C21H24N4O3. The highest BCUT2D eigenvalue weighted by atomic mass is 16.5. The second-order valence-corrected chi connectivity index (χ2v) is 6.72. The molecule has 1 aromatic carbocycles. The number of aromatic nitrogens is 2. The summed E-state index contributed by atoms with van der Waals surface area (Å²) in [7, 11) is 1.56. The van der Waals surface area contributed by atoms with Gasteiger partial charge >= 0.3 is 0 Å². The number of rotatable bonds is 7. The van der Waals surface area contributed by atoms with Gasteiger partial charge in [-0.3, -0.25) is 14.0 Å². The summed E-state index contributed by atoms with van der Waals surface area (Å²) < 4.78 is 6.56. The molecule has 0 radical (unpaired) electrons. The van der Waals surface area contributed by atoms with Crippen LogP contribution in [0, 0.1) is 0 Å². The number of imidazole rings is 1. The van der Waals surface area contributed by atoms with Gasteiger partial charge in [-0.25, -0.2) is 4.98 Å². The second kappa shape index (κ2) is 8.67. The highest BCUT2D eigenvalue weighted by molar-refractivity contribution is 6.06. The number of hydrogen-bond acceptors (Lipinski definition) is 4. The predicted molar refractivity (Wildman–Crippen MR) is 108 cm³/mol. The van der Waals surface area contributed by atoms with Crippen molar-refractivity contribution < 1.29 is 14.3 Å². The summed E-state index contributed by atoms with van der Waals surface area (Å²) in [6, 6.07) is 13.0. The summed E-state index contributed by atoms with van der Waals surface area (Å²) in [5.41, 5.74) is 2.64. The molecule has 0 spiro atoms. The molecule has 7 nitrogen and oxygen atoms in total. The SMILES string of the molecule is COCCNC(=O)c1nc(C(=O)Nc2ccc(C(C)C)cc2)n2ccccc12. The molecule has 2 aromatic heterocycles. The summed E-state index contributed by atoms with van der Waals surface area (Å²) in [5, 5.41) is 5.59. The van der Waals surface area contributed by atoms with Gasteiger partial charge in [-0.1, -0.05) is 32.0 Å². The average molecular weight is 380 g/mol. The lowest BCUT2D eigenvalue weighted by Gasteiger charge is -2.08. The Labute approximate surface area is 163 Å². The number of methoxy groups -OCH3 is 1. The second-order valence-electron chi connectivity index (χ2n) is 6.72. The maximum atomic E-state index is 12.8. The minimum Gasteiger partial charge on any atom is -0.383 e. The fraction of sp³-hybridized carbons (Fsp3) is 0.286. The highest BCUT2D eigenvalue weighted by Crippen LogP contribution is 2.19. The van der Waals surface area contributed by atoms with E-state index >= 15 is 0 Å². The molecule has 0 saturated carbocycles. The fourth-order valence-corrected chi connectivity index (χ4v) is 2.85. The van der Waals surface area contributed by atoms with Gasteiger partial charge in [0.05, 0.1) is 12.1 Å². The fourth-order valence-electron chi connectivity index (χ4n) is 2.85. The van der Waals surface area contributed by atoms with Gasteiger partial charge in [-0.15, -0.1) is 0 Å². The zero-order chi connectivity index (χ0) is 20.1. The van der Waals surface area contributed by atoms with Gasteiger partial charge in [0, 0.05) is 25.5 Å². The highest BCUT2D eigenvalue weighted by Gasteiger charge is 2.21. The minimum atomic E-state index is -0.380. The molecule has 0 unspecified atom stereocenters. The van der Waals surface area contributed by atoms with Crippen molar-refractivity contribution >= 4 is 23.0 Å². The number of benzene rings is 1. The molecule has 0 aliphatic carbocycles. The van der Waals surface area contributed by atoms with Gasteiger partial charge in [0.25, 0.3) is 11.8 Å². The van der Waals surface area contributed by atoms with E-state index in [2.05, 4.69) is 29.5 Å². The van der Waals surface area contributed by atoms with Crippen LogP contribution in [0.3, 0.4) is 0 Å². The first-order chi connectivity index (χ1) is 13.5. The lowest BCUT2D eigenvalue weighted by Crippen LogP contribution is -2.27. The van der Waals surface area contributed by atoms with Crippen molar-refractivity contribution in [2.24, 2.45) is 0 Å². The van der Waals surface area contributed by atoms with E-state index in [9.17, 15) is 9.59 Å². The maximum absolute atomic E-state index is 12.8. The number of carbonyl (C=O) groups is 2. The Balaban J connectivity index is 1.85. The third-order valence-corrected chi connectivity index (χ3v) is 4.39. The standard InChI is InChI=1S/C21H24N4O3/c1-14(2)15-7-9-16(10-8-15)23-21(27)19-24-18(20(26)22-11-13-28-3)17-6-4-5-12-25(17)19/h4-10,12,14H,11,13H2,1-3H3,(H,22,26)(H,23,27). The van der Waals surface area contributed by atoms with E-state index in [0.29, 0.717) is 30.3 Å². The third kappa shape index (κ3) is 4.20. The predicted octanol–water partition coefficient (Wildman–Crippen LogP) is 3.09. The molecule has 0 saturated heterocycles. The van der Waals surface area contributed by atoms with Crippen LogP contribution in [0.5, 0.6) is 0 Å². The molecule has 3 aromatic rings. The summed E-state index contributed by atoms with van der Waals surface area (Å²) in [6.45, 7) is 5.00. The Kier molecular flexibility index (Phi) is 6.06. The summed E-state index contributed by atoms with van der Waals surface area (Å²) >= 11 is 0. The topological polar surface area (TPSA) is 84.7 Å². The molecule has 7 heteroatoms. The van der Waals surface area contributed by atoms with Crippen LogP contribution in [0.25, 0.3) is 5.52 Å². The van der Waals surface area contributed by atoms with Crippen LogP contribution in [0.1, 0.15) is 46.4 Å². The van der Waals surface area contributed by atoms with Crippen LogP contribution >= 0.6 is 0 Å². The number of hydrogen-bond donors (Lipinski definition) is 2. The number of nitrogens with zero attached hydrogens (tertiary/aromatic N) is 2. The van der Waals surface area contributed by atoms with E-state index < -0.39 is 0 Å². The van der Waals surface area contributed by atoms with E-state index in [1.165, 1.54) is 5.56 Å². The first-order valence-corrected chi connectivity index (χ1v) is 9.16. The monoisotopic (exact) mass is 380 g/mol. The van der Waals surface area contributed by atoms with Crippen molar-refractivity contribution in [1.29, 1.82) is 0 Å². The van der Waals surface area contributed by atoms with Crippen LogP contribution in [0.15, 0.2) is 48.7 Å². The Hall–Kier alpha value is -3.19. The molecule has 2 N–H and O–H groups in total. The van der Waals surface area contributed by atoms with Crippen LogP contribution < -0.4 is 10.6 Å². The molecule has 0 aliphatic heterocycles. The van der Waals surface area contributed by atoms with Crippen molar-refractivity contribution in [3.05, 3.63) is 65.7 Å². The number of nitrogens with one attached hydrogen (secondary N) is 2. The Bertz CT molecular complexity index is 977. The first kappa shape index (κ1) is 19.6. The molecule has 146 valence electrons. The van der Waals surface area contributed by atoms with E-state index in [-0.39, 0.29) is 23.3 Å². The number of amides is 2. The Morgan fingerprint density at radius 2 is 1.86 bits per heavy atom. The molecule has 3 rings (SSSR count). The lowest BCUT2D eigenvalue weighted by atomic mass is 10.0. The maximum Gasteiger partial charge on any atom is 0.292 e. The largest absolute Gasteiger partial charge is 0.383 e. The molecule has 0 aliphatic rings. The Morgan fingerprint density at radius 1 is 1.11 bits per heavy atom. The first-order valence-electron chi connectivity index (χ1n) is 9.16. The summed E-state index contributed by atoms with van der Waals surface area (Å²) in [4.78, 5) is 29.6. The zero-order valence-corrected chi connectivity index (χ0v) is 16.2. The molecule has 0 fully saturated rings. The molecule has 2 heterocycles. The van der Waals surface area contributed by atoms with Crippen LogP contribution in [0.4, 0.5) is 5.69 Å². The number of ether oxygens (including phenoxy) is 1. The number of anilines is 1.